The summed E-state index contributed by atoms with van der Waals surface area (Å²) in [5.41, 5.74) is 1.14. The van der Waals surface area contributed by atoms with Gasteiger partial charge in [0.05, 0.1) is 10.1 Å². The minimum atomic E-state index is -3.03. The molecule has 17 heavy (non-hydrogen) atoms. The fourth-order valence-corrected chi connectivity index (χ4v) is 3.98. The fraction of sp³-hybridized carbons (Fsp3) is 0.538. The Hall–Kier alpha value is -1.03. The standard InChI is InChI=1S/C13H17NO2S/c1-10-8-14(9-10)11-2-4-12(5-3-11)17(15,16)13-6-7-13/h2-5,10,13H,6-9H2,1H3. The Morgan fingerprint density at radius 3 is 2.18 bits per heavy atom. The molecule has 0 N–H and O–H groups in total. The van der Waals surface area contributed by atoms with Crippen LogP contribution in [0.25, 0.3) is 0 Å². The highest BCUT2D eigenvalue weighted by atomic mass is 32.2. The van der Waals surface area contributed by atoms with E-state index in [-0.39, 0.29) is 5.25 Å². The highest BCUT2D eigenvalue weighted by Gasteiger charge is 2.36. The van der Waals surface area contributed by atoms with Gasteiger partial charge in [0.1, 0.15) is 0 Å². The molecule has 1 saturated carbocycles. The fourth-order valence-electron chi connectivity index (χ4n) is 2.33. The largest absolute Gasteiger partial charge is 0.371 e. The molecule has 0 radical (unpaired) electrons. The average molecular weight is 251 g/mol. The smallest absolute Gasteiger partial charge is 0.181 e. The van der Waals surface area contributed by atoms with Crippen LogP contribution in [0.15, 0.2) is 29.2 Å². The minimum absolute atomic E-state index is 0.114. The molecule has 1 aliphatic heterocycles. The zero-order chi connectivity index (χ0) is 12.0. The molecule has 1 aromatic rings. The van der Waals surface area contributed by atoms with Gasteiger partial charge in [-0.1, -0.05) is 6.92 Å². The predicted octanol–water partition coefficient (Wildman–Crippen LogP) is 2.08. The molecule has 1 saturated heterocycles. The van der Waals surface area contributed by atoms with Crippen molar-refractivity contribution in [2.75, 3.05) is 18.0 Å². The topological polar surface area (TPSA) is 37.4 Å². The van der Waals surface area contributed by atoms with Crippen LogP contribution in [0.1, 0.15) is 19.8 Å². The zero-order valence-electron chi connectivity index (χ0n) is 9.96. The SMILES string of the molecule is CC1CN(c2ccc(S(=O)(=O)C3CC3)cc2)C1. The van der Waals surface area contributed by atoms with Crippen molar-refractivity contribution in [3.05, 3.63) is 24.3 Å². The molecule has 2 aliphatic rings. The molecule has 2 fully saturated rings. The van der Waals surface area contributed by atoms with Crippen molar-refractivity contribution in [3.8, 4) is 0 Å². The lowest BCUT2D eigenvalue weighted by atomic mass is 10.0. The van der Waals surface area contributed by atoms with Gasteiger partial charge in [-0.05, 0) is 43.0 Å². The third-order valence-corrected chi connectivity index (χ3v) is 5.84. The van der Waals surface area contributed by atoms with E-state index < -0.39 is 9.84 Å². The quantitative estimate of drug-likeness (QED) is 0.825. The highest BCUT2D eigenvalue weighted by Crippen LogP contribution is 2.34. The molecule has 4 heteroatoms. The van der Waals surface area contributed by atoms with E-state index in [4.69, 9.17) is 0 Å². The summed E-state index contributed by atoms with van der Waals surface area (Å²) in [6.45, 7) is 4.38. The van der Waals surface area contributed by atoms with Crippen LogP contribution in [0.2, 0.25) is 0 Å². The van der Waals surface area contributed by atoms with Crippen LogP contribution in [0, 0.1) is 5.92 Å². The van der Waals surface area contributed by atoms with Crippen molar-refractivity contribution in [2.45, 2.75) is 29.9 Å². The molecule has 3 nitrogen and oxygen atoms in total. The average Bonchev–Trinajstić information content (AvgIpc) is 3.09. The molecular formula is C13H17NO2S. The number of hydrogen-bond donors (Lipinski definition) is 0. The van der Waals surface area contributed by atoms with Gasteiger partial charge >= 0.3 is 0 Å². The van der Waals surface area contributed by atoms with Crippen molar-refractivity contribution in [1.82, 2.24) is 0 Å². The van der Waals surface area contributed by atoms with E-state index in [1.165, 1.54) is 0 Å². The molecule has 0 unspecified atom stereocenters. The molecule has 0 atom stereocenters. The first-order chi connectivity index (χ1) is 8.07. The Morgan fingerprint density at radius 2 is 1.71 bits per heavy atom. The lowest BCUT2D eigenvalue weighted by Crippen LogP contribution is -2.45. The van der Waals surface area contributed by atoms with Crippen molar-refractivity contribution in [2.24, 2.45) is 5.92 Å². The minimum Gasteiger partial charge on any atom is -0.371 e. The lowest BCUT2D eigenvalue weighted by molar-refractivity contribution is 0.447. The molecular weight excluding hydrogens is 234 g/mol. The van der Waals surface area contributed by atoms with Crippen LogP contribution in [0.3, 0.4) is 0 Å². The first kappa shape index (κ1) is 11.1. The number of nitrogens with zero attached hydrogens (tertiary/aromatic N) is 1. The van der Waals surface area contributed by atoms with Gasteiger partial charge in [-0.2, -0.15) is 0 Å². The first-order valence-electron chi connectivity index (χ1n) is 6.16. The summed E-state index contributed by atoms with van der Waals surface area (Å²) < 4.78 is 24.0. The van der Waals surface area contributed by atoms with Crippen molar-refractivity contribution >= 4 is 15.5 Å². The third kappa shape index (κ3) is 1.95. The number of sulfone groups is 1. The highest BCUT2D eigenvalue weighted by molar-refractivity contribution is 7.92. The Kier molecular flexibility index (Phi) is 2.43. The van der Waals surface area contributed by atoms with Crippen LogP contribution in [-0.2, 0) is 9.84 Å². The van der Waals surface area contributed by atoms with Gasteiger partial charge in [0.25, 0.3) is 0 Å². The molecule has 1 aliphatic carbocycles. The van der Waals surface area contributed by atoms with E-state index in [0.29, 0.717) is 4.90 Å². The van der Waals surface area contributed by atoms with Crippen LogP contribution >= 0.6 is 0 Å². The Balaban J connectivity index is 1.80. The Labute approximate surface area is 102 Å². The molecule has 0 bridgehead atoms. The van der Waals surface area contributed by atoms with E-state index >= 15 is 0 Å². The van der Waals surface area contributed by atoms with E-state index in [9.17, 15) is 8.42 Å². The van der Waals surface area contributed by atoms with Crippen LogP contribution < -0.4 is 4.90 Å². The summed E-state index contributed by atoms with van der Waals surface area (Å²) >= 11 is 0. The maximum atomic E-state index is 12.0. The van der Waals surface area contributed by atoms with Gasteiger partial charge in [-0.15, -0.1) is 0 Å². The number of rotatable bonds is 3. The second-order valence-electron chi connectivity index (χ2n) is 5.25. The van der Waals surface area contributed by atoms with E-state index in [0.717, 1.165) is 37.5 Å². The van der Waals surface area contributed by atoms with E-state index in [1.54, 1.807) is 12.1 Å². The normalized spacial score (nSPS) is 21.4. The third-order valence-electron chi connectivity index (χ3n) is 3.56. The summed E-state index contributed by atoms with van der Waals surface area (Å²) in [6, 6.07) is 7.38. The van der Waals surface area contributed by atoms with Crippen LogP contribution in [0.4, 0.5) is 5.69 Å². The molecule has 0 spiro atoms. The molecule has 92 valence electrons. The van der Waals surface area contributed by atoms with Gasteiger partial charge < -0.3 is 4.90 Å². The second kappa shape index (κ2) is 3.73. The Morgan fingerprint density at radius 1 is 1.12 bits per heavy atom. The summed E-state index contributed by atoms with van der Waals surface area (Å²) in [7, 11) is -3.03. The first-order valence-corrected chi connectivity index (χ1v) is 7.71. The number of hydrogen-bond acceptors (Lipinski definition) is 3. The lowest BCUT2D eigenvalue weighted by Gasteiger charge is -2.39. The van der Waals surface area contributed by atoms with E-state index in [2.05, 4.69) is 11.8 Å². The van der Waals surface area contributed by atoms with Gasteiger partial charge in [-0.3, -0.25) is 0 Å². The van der Waals surface area contributed by atoms with Gasteiger partial charge in [0, 0.05) is 18.8 Å². The monoisotopic (exact) mass is 251 g/mol. The van der Waals surface area contributed by atoms with Gasteiger partial charge in [0.2, 0.25) is 0 Å². The predicted molar refractivity (Wildman–Crippen MR) is 68.0 cm³/mol. The summed E-state index contributed by atoms with van der Waals surface area (Å²) in [4.78, 5) is 2.76. The van der Waals surface area contributed by atoms with Crippen LogP contribution in [-0.4, -0.2) is 26.8 Å². The maximum absolute atomic E-state index is 12.0. The molecule has 1 aromatic carbocycles. The van der Waals surface area contributed by atoms with Crippen molar-refractivity contribution in [1.29, 1.82) is 0 Å². The van der Waals surface area contributed by atoms with E-state index in [1.807, 2.05) is 12.1 Å². The molecule has 3 rings (SSSR count). The van der Waals surface area contributed by atoms with Crippen molar-refractivity contribution in [3.63, 3.8) is 0 Å². The number of anilines is 1. The van der Waals surface area contributed by atoms with Gasteiger partial charge in [-0.25, -0.2) is 8.42 Å². The van der Waals surface area contributed by atoms with Gasteiger partial charge in [0.15, 0.2) is 9.84 Å². The van der Waals surface area contributed by atoms with Crippen LogP contribution in [0.5, 0.6) is 0 Å². The maximum Gasteiger partial charge on any atom is 0.181 e. The summed E-state index contributed by atoms with van der Waals surface area (Å²) in [5, 5.41) is -0.114. The number of benzene rings is 1. The summed E-state index contributed by atoms with van der Waals surface area (Å²) in [5.74, 6) is 0.755. The van der Waals surface area contributed by atoms with Crippen molar-refractivity contribution < 1.29 is 8.42 Å². The summed E-state index contributed by atoms with van der Waals surface area (Å²) in [6.07, 6.45) is 1.65. The molecule has 0 aromatic heterocycles. The second-order valence-corrected chi connectivity index (χ2v) is 7.48. The Bertz CT molecular complexity index is 511. The zero-order valence-corrected chi connectivity index (χ0v) is 10.8. The molecule has 0 amide bonds. The molecule has 1 heterocycles.